The first-order valence-electron chi connectivity index (χ1n) is 6.91. The number of rotatable bonds is 3. The van der Waals surface area contributed by atoms with Gasteiger partial charge in [-0.05, 0) is 36.2 Å². The number of fused-ring (bicyclic) bond motifs is 1. The van der Waals surface area contributed by atoms with Crippen LogP contribution in [0.4, 0.5) is 0 Å². The van der Waals surface area contributed by atoms with Gasteiger partial charge in [0.1, 0.15) is 0 Å². The second kappa shape index (κ2) is 4.13. The maximum Gasteiger partial charge on any atom is 0.0490 e. The van der Waals surface area contributed by atoms with Gasteiger partial charge in [-0.25, -0.2) is 0 Å². The van der Waals surface area contributed by atoms with Crippen LogP contribution in [0.15, 0.2) is 12.3 Å². The first-order chi connectivity index (χ1) is 8.19. The summed E-state index contributed by atoms with van der Waals surface area (Å²) >= 11 is 0. The molecule has 2 fully saturated rings. The van der Waals surface area contributed by atoms with Gasteiger partial charge in [0, 0.05) is 24.5 Å². The van der Waals surface area contributed by atoms with Crippen molar-refractivity contribution in [2.75, 3.05) is 0 Å². The molecule has 3 atom stereocenters. The molecule has 2 aliphatic rings. The number of nitrogens with zero attached hydrogens (tertiary/aromatic N) is 1. The smallest absolute Gasteiger partial charge is 0.0490 e. The minimum absolute atomic E-state index is 0.477. The van der Waals surface area contributed by atoms with Crippen LogP contribution in [0.3, 0.4) is 0 Å². The maximum absolute atomic E-state index is 4.00. The van der Waals surface area contributed by atoms with Gasteiger partial charge in [0.05, 0.1) is 0 Å². The molecule has 17 heavy (non-hydrogen) atoms. The van der Waals surface area contributed by atoms with E-state index >= 15 is 0 Å². The zero-order valence-corrected chi connectivity index (χ0v) is 10.9. The van der Waals surface area contributed by atoms with Crippen LogP contribution in [0.1, 0.15) is 45.2 Å². The van der Waals surface area contributed by atoms with E-state index in [1.807, 2.05) is 6.20 Å². The second-order valence-electron chi connectivity index (χ2n) is 6.32. The van der Waals surface area contributed by atoms with Crippen molar-refractivity contribution in [2.45, 2.75) is 52.1 Å². The predicted molar refractivity (Wildman–Crippen MR) is 68.4 cm³/mol. The van der Waals surface area contributed by atoms with Crippen molar-refractivity contribution in [1.29, 1.82) is 0 Å². The summed E-state index contributed by atoms with van der Waals surface area (Å²) in [6.45, 7) is 5.80. The summed E-state index contributed by atoms with van der Waals surface area (Å²) in [4.78, 5) is 0. The third kappa shape index (κ3) is 1.81. The molecule has 1 aromatic heterocycles. The van der Waals surface area contributed by atoms with Crippen molar-refractivity contribution in [3.63, 3.8) is 0 Å². The Balaban J connectivity index is 1.62. The normalized spacial score (nSPS) is 35.1. The Morgan fingerprint density at radius 2 is 2.24 bits per heavy atom. The van der Waals surface area contributed by atoms with E-state index in [1.54, 1.807) is 0 Å². The first-order valence-corrected chi connectivity index (χ1v) is 6.91. The van der Waals surface area contributed by atoms with Crippen molar-refractivity contribution >= 4 is 0 Å². The maximum atomic E-state index is 4.00. The Kier molecular flexibility index (Phi) is 2.74. The highest BCUT2D eigenvalue weighted by Gasteiger charge is 2.55. The van der Waals surface area contributed by atoms with Crippen LogP contribution in [-0.2, 0) is 6.54 Å². The fraction of sp³-hybridized carbons (Fsp3) is 0.786. The molecule has 0 radical (unpaired) electrons. The molecule has 2 N–H and O–H groups in total. The monoisotopic (exact) mass is 233 g/mol. The highest BCUT2D eigenvalue weighted by Crippen LogP contribution is 2.57. The van der Waals surface area contributed by atoms with E-state index in [0.717, 1.165) is 18.4 Å². The molecule has 2 saturated carbocycles. The lowest BCUT2D eigenvalue weighted by molar-refractivity contribution is -0.0883. The van der Waals surface area contributed by atoms with Crippen LogP contribution in [0.2, 0.25) is 0 Å². The highest BCUT2D eigenvalue weighted by atomic mass is 15.1. The minimum Gasteiger partial charge on any atom is -0.308 e. The summed E-state index contributed by atoms with van der Waals surface area (Å²) < 4.78 is 0. The molecule has 2 aliphatic carbocycles. The standard InChI is InChI=1S/C14H23N3/c1-14(2)12-6-4-3-5-11(12)13(14)15-9-10-7-8-16-17-10/h7-8,11-13,15H,3-6,9H2,1-2H3,(H,16,17)/t11-,12+,13?/m1/s1. The SMILES string of the molecule is CC1(C)C(NCc2ccn[nH]2)[C@@H]2CCCC[C@@H]21. The summed E-state index contributed by atoms with van der Waals surface area (Å²) in [6.07, 6.45) is 7.57. The van der Waals surface area contributed by atoms with Gasteiger partial charge in [0.15, 0.2) is 0 Å². The van der Waals surface area contributed by atoms with Crippen molar-refractivity contribution in [3.8, 4) is 0 Å². The van der Waals surface area contributed by atoms with E-state index in [4.69, 9.17) is 0 Å². The fourth-order valence-electron chi connectivity index (χ4n) is 4.16. The van der Waals surface area contributed by atoms with Gasteiger partial charge in [-0.15, -0.1) is 0 Å². The number of aromatic amines is 1. The zero-order valence-electron chi connectivity index (χ0n) is 10.9. The van der Waals surface area contributed by atoms with E-state index in [9.17, 15) is 0 Å². The Hall–Kier alpha value is -0.830. The molecular weight excluding hydrogens is 210 g/mol. The van der Waals surface area contributed by atoms with Crippen molar-refractivity contribution in [1.82, 2.24) is 15.5 Å². The lowest BCUT2D eigenvalue weighted by Gasteiger charge is -2.61. The van der Waals surface area contributed by atoms with Gasteiger partial charge < -0.3 is 5.32 Å². The van der Waals surface area contributed by atoms with Crippen LogP contribution in [0.25, 0.3) is 0 Å². The van der Waals surface area contributed by atoms with Gasteiger partial charge in [0.2, 0.25) is 0 Å². The molecule has 94 valence electrons. The second-order valence-corrected chi connectivity index (χ2v) is 6.32. The highest BCUT2D eigenvalue weighted by molar-refractivity contribution is 5.09. The number of hydrogen-bond donors (Lipinski definition) is 2. The molecule has 0 bridgehead atoms. The number of nitrogens with one attached hydrogen (secondary N) is 2. The Bertz CT molecular complexity index is 369. The number of hydrogen-bond acceptors (Lipinski definition) is 2. The summed E-state index contributed by atoms with van der Waals surface area (Å²) in [6, 6.07) is 2.74. The summed E-state index contributed by atoms with van der Waals surface area (Å²) in [5, 5.41) is 10.8. The average Bonchev–Trinajstić information content (AvgIpc) is 2.82. The Morgan fingerprint density at radius 3 is 3.00 bits per heavy atom. The van der Waals surface area contributed by atoms with Crippen LogP contribution in [0.5, 0.6) is 0 Å². The third-order valence-corrected chi connectivity index (χ3v) is 5.08. The number of H-pyrrole nitrogens is 1. The van der Waals surface area contributed by atoms with Gasteiger partial charge in [-0.3, -0.25) is 5.10 Å². The van der Waals surface area contributed by atoms with Crippen LogP contribution in [0, 0.1) is 17.3 Å². The Labute approximate surface area is 103 Å². The Morgan fingerprint density at radius 1 is 1.41 bits per heavy atom. The zero-order chi connectivity index (χ0) is 11.9. The van der Waals surface area contributed by atoms with Crippen molar-refractivity contribution < 1.29 is 0 Å². The van der Waals surface area contributed by atoms with Crippen molar-refractivity contribution in [3.05, 3.63) is 18.0 Å². The van der Waals surface area contributed by atoms with Crippen molar-refractivity contribution in [2.24, 2.45) is 17.3 Å². The van der Waals surface area contributed by atoms with E-state index in [-0.39, 0.29) is 0 Å². The van der Waals surface area contributed by atoms with Crippen LogP contribution >= 0.6 is 0 Å². The first kappa shape index (κ1) is 11.3. The third-order valence-electron chi connectivity index (χ3n) is 5.08. The summed E-state index contributed by atoms with van der Waals surface area (Å²) in [7, 11) is 0. The summed E-state index contributed by atoms with van der Waals surface area (Å²) in [5.74, 6) is 1.87. The van der Waals surface area contributed by atoms with Gasteiger partial charge in [0.25, 0.3) is 0 Å². The number of aromatic nitrogens is 2. The molecule has 3 rings (SSSR count). The summed E-state index contributed by atoms with van der Waals surface area (Å²) in [5.41, 5.74) is 1.67. The molecule has 0 saturated heterocycles. The van der Waals surface area contributed by atoms with Gasteiger partial charge >= 0.3 is 0 Å². The molecule has 0 spiro atoms. The van der Waals surface area contributed by atoms with Crippen LogP contribution < -0.4 is 5.32 Å². The largest absolute Gasteiger partial charge is 0.308 e. The predicted octanol–water partition coefficient (Wildman–Crippen LogP) is 2.71. The molecule has 3 heteroatoms. The minimum atomic E-state index is 0.477. The van der Waals surface area contributed by atoms with E-state index in [1.165, 1.54) is 31.4 Å². The molecule has 0 amide bonds. The van der Waals surface area contributed by atoms with E-state index < -0.39 is 0 Å². The molecule has 3 nitrogen and oxygen atoms in total. The van der Waals surface area contributed by atoms with E-state index in [0.29, 0.717) is 11.5 Å². The molecule has 0 aliphatic heterocycles. The topological polar surface area (TPSA) is 40.7 Å². The van der Waals surface area contributed by atoms with Gasteiger partial charge in [-0.1, -0.05) is 26.7 Å². The molecule has 0 aromatic carbocycles. The lowest BCUT2D eigenvalue weighted by atomic mass is 9.48. The molecule has 1 heterocycles. The van der Waals surface area contributed by atoms with E-state index in [2.05, 4.69) is 35.4 Å². The van der Waals surface area contributed by atoms with Gasteiger partial charge in [-0.2, -0.15) is 5.10 Å². The fourth-order valence-corrected chi connectivity index (χ4v) is 4.16. The van der Waals surface area contributed by atoms with Crippen LogP contribution in [-0.4, -0.2) is 16.2 Å². The molecule has 1 unspecified atom stereocenters. The molecule has 1 aromatic rings. The average molecular weight is 233 g/mol. The lowest BCUT2D eigenvalue weighted by Crippen LogP contribution is -2.64. The molecular formula is C14H23N3. The quantitative estimate of drug-likeness (QED) is 0.842.